The van der Waals surface area contributed by atoms with Crippen LogP contribution >= 0.6 is 7.82 Å². The van der Waals surface area contributed by atoms with Gasteiger partial charge in [0, 0.05) is 19.8 Å². The van der Waals surface area contributed by atoms with E-state index in [4.69, 9.17) is 18.3 Å². The lowest BCUT2D eigenvalue weighted by Crippen LogP contribution is -2.43. The molecule has 23 heavy (non-hydrogen) atoms. The molecule has 0 spiro atoms. The summed E-state index contributed by atoms with van der Waals surface area (Å²) in [7, 11) is 0.313. The zero-order valence-electron chi connectivity index (χ0n) is 13.7. The van der Waals surface area contributed by atoms with Crippen LogP contribution < -0.4 is 4.74 Å². The minimum Gasteiger partial charge on any atom is -0.497 e. The Kier molecular flexibility index (Phi) is 5.98. The average molecular weight is 342 g/mol. The monoisotopic (exact) mass is 342 g/mol. The first kappa shape index (κ1) is 18.1. The van der Waals surface area contributed by atoms with Gasteiger partial charge in [-0.15, -0.1) is 0 Å². The highest BCUT2D eigenvalue weighted by atomic mass is 31.2. The minimum atomic E-state index is -3.75. The Morgan fingerprint density at radius 1 is 1.00 bits per heavy atom. The van der Waals surface area contributed by atoms with E-state index < -0.39 is 13.4 Å². The number of ether oxygens (including phenoxy) is 1. The van der Waals surface area contributed by atoms with E-state index >= 15 is 0 Å². The number of ketones is 1. The van der Waals surface area contributed by atoms with Gasteiger partial charge in [0.2, 0.25) is 0 Å². The van der Waals surface area contributed by atoms with E-state index in [0.29, 0.717) is 24.2 Å². The molecule has 1 aromatic carbocycles. The second-order valence-electron chi connectivity index (χ2n) is 5.52. The van der Waals surface area contributed by atoms with Crippen LogP contribution in [0, 0.1) is 0 Å². The van der Waals surface area contributed by atoms with Crippen LogP contribution in [0.2, 0.25) is 0 Å². The maximum Gasteiger partial charge on any atom is 0.475 e. The van der Waals surface area contributed by atoms with Gasteiger partial charge in [0.25, 0.3) is 0 Å². The number of carbonyl (C=O) groups excluding carboxylic acids is 1. The molecule has 0 atom stereocenters. The van der Waals surface area contributed by atoms with Crippen LogP contribution in [-0.4, -0.2) is 32.7 Å². The van der Waals surface area contributed by atoms with E-state index in [2.05, 4.69) is 0 Å². The third-order valence-electron chi connectivity index (χ3n) is 4.16. The van der Waals surface area contributed by atoms with Crippen molar-refractivity contribution in [3.05, 3.63) is 29.8 Å². The molecule has 0 amide bonds. The summed E-state index contributed by atoms with van der Waals surface area (Å²) in [5.41, 5.74) is -0.680. The summed E-state index contributed by atoms with van der Waals surface area (Å²) >= 11 is 0. The van der Waals surface area contributed by atoms with Gasteiger partial charge < -0.3 is 4.74 Å². The van der Waals surface area contributed by atoms with Crippen molar-refractivity contribution in [3.63, 3.8) is 0 Å². The van der Waals surface area contributed by atoms with E-state index in [0.717, 1.165) is 19.3 Å². The summed E-state index contributed by atoms with van der Waals surface area (Å²) in [5, 5.41) is 0. The van der Waals surface area contributed by atoms with Crippen LogP contribution in [0.1, 0.15) is 42.5 Å². The number of phosphoric ester groups is 1. The summed E-state index contributed by atoms with van der Waals surface area (Å²) < 4.78 is 32.9. The van der Waals surface area contributed by atoms with Crippen LogP contribution in [0.3, 0.4) is 0 Å². The molecule has 0 bridgehead atoms. The molecule has 6 nitrogen and oxygen atoms in total. The van der Waals surface area contributed by atoms with E-state index in [1.807, 2.05) is 0 Å². The molecule has 0 aromatic heterocycles. The predicted molar refractivity (Wildman–Crippen MR) is 85.9 cm³/mol. The van der Waals surface area contributed by atoms with E-state index in [9.17, 15) is 9.36 Å². The smallest absolute Gasteiger partial charge is 0.475 e. The number of phosphoric acid groups is 1. The molecule has 1 fully saturated rings. The standard InChI is InChI=1S/C16H23O6P/c1-19-14-9-7-13(8-10-14)15(17)16(11-5-4-6-12-16)22-23(18,20-2)21-3/h7-10H,4-6,11-12H2,1-3H3. The van der Waals surface area contributed by atoms with Crippen molar-refractivity contribution in [2.75, 3.05) is 21.3 Å². The maximum atomic E-state index is 13.0. The van der Waals surface area contributed by atoms with Gasteiger partial charge in [-0.2, -0.15) is 0 Å². The first-order chi connectivity index (χ1) is 11.0. The average Bonchev–Trinajstić information content (AvgIpc) is 2.61. The molecule has 0 saturated heterocycles. The summed E-state index contributed by atoms with van der Waals surface area (Å²) in [6.45, 7) is 0. The number of rotatable bonds is 7. The molecule has 0 heterocycles. The Labute approximate surface area is 136 Å². The van der Waals surface area contributed by atoms with Crippen LogP contribution in [0.15, 0.2) is 24.3 Å². The zero-order valence-corrected chi connectivity index (χ0v) is 14.6. The highest BCUT2D eigenvalue weighted by Gasteiger charge is 2.47. The Balaban J connectivity index is 2.32. The summed E-state index contributed by atoms with van der Waals surface area (Å²) in [5.74, 6) is 0.466. The molecule has 7 heteroatoms. The van der Waals surface area contributed by atoms with Crippen LogP contribution in [0.4, 0.5) is 0 Å². The maximum absolute atomic E-state index is 13.0. The second kappa shape index (κ2) is 7.58. The fourth-order valence-electron chi connectivity index (χ4n) is 2.85. The highest BCUT2D eigenvalue weighted by molar-refractivity contribution is 7.48. The van der Waals surface area contributed by atoms with Crippen molar-refractivity contribution in [1.82, 2.24) is 0 Å². The quantitative estimate of drug-likeness (QED) is 0.551. The van der Waals surface area contributed by atoms with Crippen LogP contribution in [-0.2, 0) is 18.1 Å². The summed E-state index contributed by atoms with van der Waals surface area (Å²) in [4.78, 5) is 13.0. The molecule has 1 aliphatic carbocycles. The van der Waals surface area contributed by atoms with Gasteiger partial charge in [-0.1, -0.05) is 19.3 Å². The lowest BCUT2D eigenvalue weighted by molar-refractivity contribution is 0.00278. The van der Waals surface area contributed by atoms with Crippen molar-refractivity contribution in [1.29, 1.82) is 0 Å². The fourth-order valence-corrected chi connectivity index (χ4v) is 3.84. The molecule has 0 unspecified atom stereocenters. The molecule has 1 aliphatic rings. The molecule has 128 valence electrons. The Hall–Kier alpha value is -1.20. The summed E-state index contributed by atoms with van der Waals surface area (Å²) in [6, 6.07) is 6.81. The van der Waals surface area contributed by atoms with Gasteiger partial charge >= 0.3 is 7.82 Å². The number of benzene rings is 1. The molecule has 2 rings (SSSR count). The van der Waals surface area contributed by atoms with Crippen LogP contribution in [0.25, 0.3) is 0 Å². The fraction of sp³-hybridized carbons (Fsp3) is 0.562. The third-order valence-corrected chi connectivity index (χ3v) is 5.63. The van der Waals surface area contributed by atoms with Gasteiger partial charge in [-0.05, 0) is 37.1 Å². The summed E-state index contributed by atoms with van der Waals surface area (Å²) in [6.07, 6.45) is 3.67. The van der Waals surface area contributed by atoms with Gasteiger partial charge in [0.15, 0.2) is 5.78 Å². The van der Waals surface area contributed by atoms with Gasteiger partial charge in [0.1, 0.15) is 11.4 Å². The third kappa shape index (κ3) is 4.01. The predicted octanol–water partition coefficient (Wildman–Crippen LogP) is 4.00. The first-order valence-corrected chi connectivity index (χ1v) is 9.06. The van der Waals surface area contributed by atoms with Crippen molar-refractivity contribution >= 4 is 13.6 Å². The molecule has 0 aliphatic heterocycles. The highest BCUT2D eigenvalue weighted by Crippen LogP contribution is 2.54. The number of Topliss-reactive ketones (excluding diaryl/α,β-unsaturated/α-hetero) is 1. The lowest BCUT2D eigenvalue weighted by Gasteiger charge is -2.36. The van der Waals surface area contributed by atoms with E-state index in [1.165, 1.54) is 14.2 Å². The van der Waals surface area contributed by atoms with E-state index in [-0.39, 0.29) is 5.78 Å². The van der Waals surface area contributed by atoms with Crippen molar-refractivity contribution in [3.8, 4) is 5.75 Å². The number of hydrogen-bond acceptors (Lipinski definition) is 6. The molecular formula is C16H23O6P. The van der Waals surface area contributed by atoms with Gasteiger partial charge in [0.05, 0.1) is 7.11 Å². The zero-order chi connectivity index (χ0) is 16.9. The molecule has 0 N–H and O–H groups in total. The Bertz CT molecular complexity index is 569. The molecule has 1 saturated carbocycles. The SMILES string of the molecule is COc1ccc(C(=O)C2(OP(=O)(OC)OC)CCCCC2)cc1. The normalized spacial score (nSPS) is 17.7. The van der Waals surface area contributed by atoms with Crippen molar-refractivity contribution in [2.45, 2.75) is 37.7 Å². The van der Waals surface area contributed by atoms with Crippen LogP contribution in [0.5, 0.6) is 5.75 Å². The lowest BCUT2D eigenvalue weighted by atomic mass is 9.79. The minimum absolute atomic E-state index is 0.200. The largest absolute Gasteiger partial charge is 0.497 e. The molecule has 0 radical (unpaired) electrons. The number of hydrogen-bond donors (Lipinski definition) is 0. The number of methoxy groups -OCH3 is 1. The molecular weight excluding hydrogens is 319 g/mol. The Morgan fingerprint density at radius 2 is 1.57 bits per heavy atom. The Morgan fingerprint density at radius 3 is 2.04 bits per heavy atom. The van der Waals surface area contributed by atoms with Gasteiger partial charge in [-0.3, -0.25) is 18.4 Å². The van der Waals surface area contributed by atoms with Crippen molar-refractivity contribution in [2.24, 2.45) is 0 Å². The van der Waals surface area contributed by atoms with E-state index in [1.54, 1.807) is 31.4 Å². The number of carbonyl (C=O) groups is 1. The topological polar surface area (TPSA) is 71.1 Å². The van der Waals surface area contributed by atoms with Gasteiger partial charge in [-0.25, -0.2) is 4.57 Å². The van der Waals surface area contributed by atoms with Crippen molar-refractivity contribution < 1.29 is 27.7 Å². The second-order valence-corrected chi connectivity index (χ2v) is 7.32. The first-order valence-electron chi connectivity index (χ1n) is 7.60. The molecule has 1 aromatic rings.